The minimum atomic E-state index is -0.463. The van der Waals surface area contributed by atoms with Crippen molar-refractivity contribution < 1.29 is 9.18 Å². The van der Waals surface area contributed by atoms with Crippen molar-refractivity contribution in [2.75, 3.05) is 13.1 Å². The van der Waals surface area contributed by atoms with Crippen LogP contribution in [0.5, 0.6) is 0 Å². The van der Waals surface area contributed by atoms with Crippen LogP contribution in [0.2, 0.25) is 0 Å². The summed E-state index contributed by atoms with van der Waals surface area (Å²) in [5.74, 6) is -0.781. The summed E-state index contributed by atoms with van der Waals surface area (Å²) in [6.07, 6.45) is 0.867. The zero-order valence-electron chi connectivity index (χ0n) is 11.7. The first-order valence-electron chi connectivity index (χ1n) is 6.68. The molecule has 1 atom stereocenters. The molecule has 1 aromatic rings. The molecule has 1 amide bonds. The number of carbonyl (C=O) groups excluding carboxylic acids is 1. The van der Waals surface area contributed by atoms with Crippen LogP contribution in [-0.2, 0) is 0 Å². The summed E-state index contributed by atoms with van der Waals surface area (Å²) in [4.78, 5) is 12.2. The Morgan fingerprint density at radius 3 is 2.89 bits per heavy atom. The Bertz CT molecular complexity index is 485. The number of piperidine rings is 1. The highest BCUT2D eigenvalue weighted by Gasteiger charge is 2.33. The Kier molecular flexibility index (Phi) is 3.90. The maximum Gasteiger partial charge on any atom is 0.254 e. The van der Waals surface area contributed by atoms with E-state index < -0.39 is 5.82 Å². The number of aryl methyl sites for hydroxylation is 1. The Balaban J connectivity index is 2.14. The monoisotopic (exact) mass is 264 g/mol. The molecule has 0 radical (unpaired) electrons. The van der Waals surface area contributed by atoms with E-state index in [0.717, 1.165) is 25.1 Å². The average molecular weight is 264 g/mol. The molecule has 1 aliphatic rings. The smallest absolute Gasteiger partial charge is 0.254 e. The largest absolute Gasteiger partial charge is 0.349 e. The van der Waals surface area contributed by atoms with Gasteiger partial charge in [0.05, 0.1) is 5.56 Å². The van der Waals surface area contributed by atoms with Gasteiger partial charge in [0.2, 0.25) is 0 Å². The second-order valence-electron chi connectivity index (χ2n) is 5.96. The molecule has 4 heteroatoms. The number of hydrogen-bond donors (Lipinski definition) is 2. The molecular weight excluding hydrogens is 243 g/mol. The molecule has 1 unspecified atom stereocenters. The van der Waals surface area contributed by atoms with Crippen molar-refractivity contribution >= 4 is 5.91 Å². The van der Waals surface area contributed by atoms with Crippen LogP contribution in [-0.4, -0.2) is 25.0 Å². The number of nitrogens with one attached hydrogen (secondary N) is 2. The summed E-state index contributed by atoms with van der Waals surface area (Å²) in [5, 5.41) is 6.29. The molecule has 104 valence electrons. The van der Waals surface area contributed by atoms with E-state index in [4.69, 9.17) is 0 Å². The normalized spacial score (nSPS) is 22.0. The van der Waals surface area contributed by atoms with E-state index in [2.05, 4.69) is 24.5 Å². The number of benzene rings is 1. The molecule has 1 fully saturated rings. The lowest BCUT2D eigenvalue weighted by Crippen LogP contribution is -2.54. The van der Waals surface area contributed by atoms with Crippen molar-refractivity contribution in [2.45, 2.75) is 33.2 Å². The van der Waals surface area contributed by atoms with Crippen molar-refractivity contribution in [1.82, 2.24) is 10.6 Å². The SMILES string of the molecule is Cc1ccc(F)c(C(=O)NC2CCNCC2(C)C)c1. The van der Waals surface area contributed by atoms with Crippen molar-refractivity contribution in [1.29, 1.82) is 0 Å². The lowest BCUT2D eigenvalue weighted by molar-refractivity contribution is 0.0864. The first kappa shape index (κ1) is 14.0. The summed E-state index contributed by atoms with van der Waals surface area (Å²) < 4.78 is 13.7. The fourth-order valence-electron chi connectivity index (χ4n) is 2.49. The van der Waals surface area contributed by atoms with Crippen molar-refractivity contribution in [3.63, 3.8) is 0 Å². The molecule has 19 heavy (non-hydrogen) atoms. The Hall–Kier alpha value is -1.42. The van der Waals surface area contributed by atoms with Crippen LogP contribution in [0.4, 0.5) is 4.39 Å². The average Bonchev–Trinajstić information content (AvgIpc) is 2.34. The van der Waals surface area contributed by atoms with Gasteiger partial charge in [-0.2, -0.15) is 0 Å². The van der Waals surface area contributed by atoms with Crippen molar-refractivity contribution in [3.8, 4) is 0 Å². The summed E-state index contributed by atoms with van der Waals surface area (Å²) in [6, 6.07) is 4.68. The maximum atomic E-state index is 13.7. The number of amides is 1. The van der Waals surface area contributed by atoms with Crippen molar-refractivity contribution in [2.24, 2.45) is 5.41 Å². The topological polar surface area (TPSA) is 41.1 Å². The van der Waals surface area contributed by atoms with E-state index in [1.54, 1.807) is 12.1 Å². The molecule has 1 heterocycles. The molecule has 1 aromatic carbocycles. The van der Waals surface area contributed by atoms with Gasteiger partial charge in [-0.1, -0.05) is 25.5 Å². The van der Waals surface area contributed by atoms with Gasteiger partial charge in [0, 0.05) is 12.6 Å². The molecule has 0 saturated carbocycles. The van der Waals surface area contributed by atoms with E-state index >= 15 is 0 Å². The first-order chi connectivity index (χ1) is 8.90. The molecular formula is C15H21FN2O. The highest BCUT2D eigenvalue weighted by atomic mass is 19.1. The molecule has 0 aromatic heterocycles. The lowest BCUT2D eigenvalue weighted by Gasteiger charge is -2.39. The zero-order valence-corrected chi connectivity index (χ0v) is 11.7. The number of halogens is 1. The number of rotatable bonds is 2. The van der Waals surface area contributed by atoms with Crippen LogP contribution >= 0.6 is 0 Å². The standard InChI is InChI=1S/C15H21FN2O/c1-10-4-5-12(16)11(8-10)14(19)18-13-6-7-17-9-15(13,2)3/h4-5,8,13,17H,6-7,9H2,1-3H3,(H,18,19). The summed E-state index contributed by atoms with van der Waals surface area (Å²) in [5.41, 5.74) is 0.999. The minimum absolute atomic E-state index is 0.0196. The van der Waals surface area contributed by atoms with E-state index in [1.807, 2.05) is 6.92 Å². The molecule has 2 N–H and O–H groups in total. The highest BCUT2D eigenvalue weighted by Crippen LogP contribution is 2.25. The van der Waals surface area contributed by atoms with E-state index in [-0.39, 0.29) is 22.9 Å². The van der Waals surface area contributed by atoms with Crippen LogP contribution in [0.3, 0.4) is 0 Å². The summed E-state index contributed by atoms with van der Waals surface area (Å²) >= 11 is 0. The van der Waals surface area contributed by atoms with Gasteiger partial charge >= 0.3 is 0 Å². The van der Waals surface area contributed by atoms with E-state index in [0.29, 0.717) is 0 Å². The first-order valence-corrected chi connectivity index (χ1v) is 6.68. The molecule has 1 aliphatic heterocycles. The highest BCUT2D eigenvalue weighted by molar-refractivity contribution is 5.94. The Labute approximate surface area is 113 Å². The third-order valence-electron chi connectivity index (χ3n) is 3.81. The van der Waals surface area contributed by atoms with Gasteiger partial charge < -0.3 is 10.6 Å². The second kappa shape index (κ2) is 5.29. The molecule has 0 aliphatic carbocycles. The molecule has 0 spiro atoms. The quantitative estimate of drug-likeness (QED) is 0.860. The van der Waals surface area contributed by atoms with Gasteiger partial charge in [-0.3, -0.25) is 4.79 Å². The van der Waals surface area contributed by atoms with Crippen LogP contribution < -0.4 is 10.6 Å². The second-order valence-corrected chi connectivity index (χ2v) is 5.96. The minimum Gasteiger partial charge on any atom is -0.349 e. The third-order valence-corrected chi connectivity index (χ3v) is 3.81. The fourth-order valence-corrected chi connectivity index (χ4v) is 2.49. The van der Waals surface area contributed by atoms with Crippen LogP contribution in [0.25, 0.3) is 0 Å². The number of hydrogen-bond acceptors (Lipinski definition) is 2. The van der Waals surface area contributed by atoms with E-state index in [1.165, 1.54) is 6.07 Å². The van der Waals surface area contributed by atoms with Crippen LogP contribution in [0, 0.1) is 18.2 Å². The molecule has 1 saturated heterocycles. The van der Waals surface area contributed by atoms with Gasteiger partial charge in [-0.05, 0) is 37.4 Å². The predicted octanol–water partition coefficient (Wildman–Crippen LogP) is 2.25. The van der Waals surface area contributed by atoms with Crippen LogP contribution in [0.1, 0.15) is 36.2 Å². The van der Waals surface area contributed by atoms with E-state index in [9.17, 15) is 9.18 Å². The van der Waals surface area contributed by atoms with Gasteiger partial charge in [0.25, 0.3) is 5.91 Å². The Morgan fingerprint density at radius 1 is 1.47 bits per heavy atom. The summed E-state index contributed by atoms with van der Waals surface area (Å²) in [6.45, 7) is 7.80. The fraction of sp³-hybridized carbons (Fsp3) is 0.533. The lowest BCUT2D eigenvalue weighted by atomic mass is 9.80. The summed E-state index contributed by atoms with van der Waals surface area (Å²) in [7, 11) is 0. The predicted molar refractivity (Wildman–Crippen MR) is 73.7 cm³/mol. The van der Waals surface area contributed by atoms with Gasteiger partial charge in [0.15, 0.2) is 0 Å². The molecule has 3 nitrogen and oxygen atoms in total. The third kappa shape index (κ3) is 3.13. The Morgan fingerprint density at radius 2 is 2.21 bits per heavy atom. The number of carbonyl (C=O) groups is 1. The van der Waals surface area contributed by atoms with Gasteiger partial charge in [-0.15, -0.1) is 0 Å². The molecule has 0 bridgehead atoms. The zero-order chi connectivity index (χ0) is 14.0. The molecule has 2 rings (SSSR count). The maximum absolute atomic E-state index is 13.7. The van der Waals surface area contributed by atoms with Gasteiger partial charge in [0.1, 0.15) is 5.82 Å². The van der Waals surface area contributed by atoms with Crippen molar-refractivity contribution in [3.05, 3.63) is 35.1 Å². The van der Waals surface area contributed by atoms with Gasteiger partial charge in [-0.25, -0.2) is 4.39 Å². The van der Waals surface area contributed by atoms with Crippen LogP contribution in [0.15, 0.2) is 18.2 Å².